The Bertz CT molecular complexity index is 2050. The van der Waals surface area contributed by atoms with Crippen LogP contribution in [0.15, 0.2) is 158 Å². The summed E-state index contributed by atoms with van der Waals surface area (Å²) in [5, 5.41) is 0. The lowest BCUT2D eigenvalue weighted by Gasteiger charge is -2.00. The van der Waals surface area contributed by atoms with Gasteiger partial charge < -0.3 is 9.47 Å². The highest BCUT2D eigenvalue weighted by Gasteiger charge is 2.18. The van der Waals surface area contributed by atoms with Gasteiger partial charge in [-0.3, -0.25) is 0 Å². The van der Waals surface area contributed by atoms with Crippen LogP contribution in [0.3, 0.4) is 0 Å². The molecule has 2 aliphatic rings. The summed E-state index contributed by atoms with van der Waals surface area (Å²) < 4.78 is 11.7. The second-order valence-electron chi connectivity index (χ2n) is 11.4. The zero-order chi connectivity index (χ0) is 32.4. The van der Waals surface area contributed by atoms with Gasteiger partial charge in [0.05, 0.1) is 0 Å². The minimum Gasteiger partial charge on any atom is -0.488 e. The summed E-state index contributed by atoms with van der Waals surface area (Å²) in [4.78, 5) is 0. The standard InChI is InChI=1S/2C23H16O/c2*1-3-7-18(8-4-1)11-12-20-13-14-22-21(15-20)17-24-23(22)16-19-9-5-2-6-10-19/h2*1-10,13-16H,17H2/b2*23-16-. The van der Waals surface area contributed by atoms with E-state index in [0.29, 0.717) is 13.2 Å². The fraction of sp³-hybridized carbons (Fsp3) is 0.0435. The number of hydrogen-bond acceptors (Lipinski definition) is 2. The first-order valence-corrected chi connectivity index (χ1v) is 16.0. The first kappa shape index (κ1) is 30.2. The van der Waals surface area contributed by atoms with E-state index in [2.05, 4.69) is 96.5 Å². The van der Waals surface area contributed by atoms with Gasteiger partial charge in [0.2, 0.25) is 0 Å². The zero-order valence-electron chi connectivity index (χ0n) is 26.4. The molecule has 0 aliphatic carbocycles. The van der Waals surface area contributed by atoms with Crippen LogP contribution in [0.2, 0.25) is 0 Å². The third-order valence-electron chi connectivity index (χ3n) is 7.95. The molecule has 0 saturated carbocycles. The number of fused-ring (bicyclic) bond motifs is 2. The zero-order valence-corrected chi connectivity index (χ0v) is 26.4. The van der Waals surface area contributed by atoms with Crippen LogP contribution in [-0.2, 0) is 22.7 Å². The van der Waals surface area contributed by atoms with E-state index in [4.69, 9.17) is 9.47 Å². The molecule has 0 N–H and O–H groups in total. The van der Waals surface area contributed by atoms with Gasteiger partial charge in [-0.15, -0.1) is 0 Å². The third-order valence-corrected chi connectivity index (χ3v) is 7.95. The highest BCUT2D eigenvalue weighted by molar-refractivity contribution is 5.81. The molecule has 2 heterocycles. The molecule has 2 nitrogen and oxygen atoms in total. The van der Waals surface area contributed by atoms with Crippen molar-refractivity contribution in [1.82, 2.24) is 0 Å². The molecule has 2 aliphatic heterocycles. The van der Waals surface area contributed by atoms with Crippen LogP contribution >= 0.6 is 0 Å². The molecule has 228 valence electrons. The fourth-order valence-electron chi connectivity index (χ4n) is 5.50. The predicted molar refractivity (Wildman–Crippen MR) is 196 cm³/mol. The van der Waals surface area contributed by atoms with E-state index < -0.39 is 0 Å². The van der Waals surface area contributed by atoms with Crippen molar-refractivity contribution in [2.24, 2.45) is 0 Å². The lowest BCUT2D eigenvalue weighted by Crippen LogP contribution is -1.84. The molecule has 48 heavy (non-hydrogen) atoms. The third kappa shape index (κ3) is 7.66. The lowest BCUT2D eigenvalue weighted by atomic mass is 10.0. The SMILES string of the molecule is C(#Cc1ccc2c(c1)CO/C2=C\c1ccccc1)c1ccccc1.C(#Cc1ccc2c(c1)CO/C2=C\c1ccccc1)c1ccccc1. The smallest absolute Gasteiger partial charge is 0.128 e. The molecule has 0 unspecified atom stereocenters. The van der Waals surface area contributed by atoms with Crippen molar-refractivity contribution < 1.29 is 9.47 Å². The molecule has 0 bridgehead atoms. The second-order valence-corrected chi connectivity index (χ2v) is 11.4. The molecule has 6 aromatic carbocycles. The molecule has 0 atom stereocenters. The molecule has 0 fully saturated rings. The normalized spacial score (nSPS) is 13.8. The van der Waals surface area contributed by atoms with Gasteiger partial charge in [-0.05, 0) is 83.9 Å². The van der Waals surface area contributed by atoms with E-state index >= 15 is 0 Å². The molecular weight excluding hydrogens is 585 g/mol. The molecule has 0 aromatic heterocycles. The van der Waals surface area contributed by atoms with E-state index in [1.807, 2.05) is 97.1 Å². The van der Waals surface area contributed by atoms with Gasteiger partial charge in [0.1, 0.15) is 24.7 Å². The Kier molecular flexibility index (Phi) is 9.27. The van der Waals surface area contributed by atoms with E-state index in [1.165, 1.54) is 11.1 Å². The predicted octanol–water partition coefficient (Wildman–Crippen LogP) is 10.2. The largest absolute Gasteiger partial charge is 0.488 e. The highest BCUT2D eigenvalue weighted by atomic mass is 16.5. The maximum Gasteiger partial charge on any atom is 0.128 e. The van der Waals surface area contributed by atoms with Crippen molar-refractivity contribution in [1.29, 1.82) is 0 Å². The quantitative estimate of drug-likeness (QED) is 0.180. The summed E-state index contributed by atoms with van der Waals surface area (Å²) in [6, 6.07) is 53.1. The Hall–Kier alpha value is -6.48. The Morgan fingerprint density at radius 2 is 0.729 bits per heavy atom. The monoisotopic (exact) mass is 616 g/mol. The van der Waals surface area contributed by atoms with Gasteiger partial charge in [0.25, 0.3) is 0 Å². The second kappa shape index (κ2) is 14.7. The van der Waals surface area contributed by atoms with Crippen molar-refractivity contribution in [3.05, 3.63) is 213 Å². The minimum absolute atomic E-state index is 0.606. The maximum atomic E-state index is 5.86. The van der Waals surface area contributed by atoms with Crippen LogP contribution in [0.1, 0.15) is 55.6 Å². The maximum absolute atomic E-state index is 5.86. The average molecular weight is 617 g/mol. The van der Waals surface area contributed by atoms with Crippen LogP contribution < -0.4 is 0 Å². The summed E-state index contributed by atoms with van der Waals surface area (Å²) in [6.07, 6.45) is 4.17. The van der Waals surface area contributed by atoms with Gasteiger partial charge in [0.15, 0.2) is 0 Å². The Morgan fingerprint density at radius 1 is 0.375 bits per heavy atom. The van der Waals surface area contributed by atoms with Crippen LogP contribution in [-0.4, -0.2) is 0 Å². The number of ether oxygens (including phenoxy) is 2. The van der Waals surface area contributed by atoms with Gasteiger partial charge in [-0.25, -0.2) is 0 Å². The molecule has 0 amide bonds. The van der Waals surface area contributed by atoms with Gasteiger partial charge >= 0.3 is 0 Å². The van der Waals surface area contributed by atoms with Crippen LogP contribution in [0.25, 0.3) is 23.7 Å². The van der Waals surface area contributed by atoms with Crippen molar-refractivity contribution in [2.75, 3.05) is 0 Å². The van der Waals surface area contributed by atoms with E-state index in [9.17, 15) is 0 Å². The first-order chi connectivity index (χ1) is 23.8. The summed E-state index contributed by atoms with van der Waals surface area (Å²) >= 11 is 0. The highest BCUT2D eigenvalue weighted by Crippen LogP contribution is 2.33. The molecule has 0 saturated heterocycles. The van der Waals surface area contributed by atoms with Crippen molar-refractivity contribution in [2.45, 2.75) is 13.2 Å². The van der Waals surface area contributed by atoms with E-state index in [-0.39, 0.29) is 0 Å². The van der Waals surface area contributed by atoms with Crippen molar-refractivity contribution >= 4 is 23.7 Å². The van der Waals surface area contributed by atoms with Crippen molar-refractivity contribution in [3.8, 4) is 23.7 Å². The Morgan fingerprint density at radius 3 is 1.12 bits per heavy atom. The summed E-state index contributed by atoms with van der Waals surface area (Å²) in [5.74, 6) is 14.7. The van der Waals surface area contributed by atoms with Crippen LogP contribution in [0, 0.1) is 23.7 Å². The van der Waals surface area contributed by atoms with Gasteiger partial charge in [0, 0.05) is 44.5 Å². The molecular formula is C46H32O2. The molecule has 6 aromatic rings. The fourth-order valence-corrected chi connectivity index (χ4v) is 5.50. The Labute approximate surface area is 282 Å². The molecule has 2 heteroatoms. The molecule has 8 rings (SSSR count). The minimum atomic E-state index is 0.606. The Balaban J connectivity index is 0.000000152. The van der Waals surface area contributed by atoms with Crippen LogP contribution in [0.4, 0.5) is 0 Å². The molecule has 0 spiro atoms. The lowest BCUT2D eigenvalue weighted by molar-refractivity contribution is 0.287. The first-order valence-electron chi connectivity index (χ1n) is 16.0. The number of hydrogen-bond donors (Lipinski definition) is 0. The molecule has 0 radical (unpaired) electrons. The van der Waals surface area contributed by atoms with E-state index in [1.54, 1.807) is 0 Å². The number of benzene rings is 6. The van der Waals surface area contributed by atoms with E-state index in [0.717, 1.165) is 56.0 Å². The van der Waals surface area contributed by atoms with Crippen molar-refractivity contribution in [3.63, 3.8) is 0 Å². The van der Waals surface area contributed by atoms with Gasteiger partial charge in [-0.2, -0.15) is 0 Å². The summed E-state index contributed by atoms with van der Waals surface area (Å²) in [6.45, 7) is 1.21. The summed E-state index contributed by atoms with van der Waals surface area (Å²) in [7, 11) is 0. The average Bonchev–Trinajstić information content (AvgIpc) is 3.74. The topological polar surface area (TPSA) is 18.5 Å². The van der Waals surface area contributed by atoms with Gasteiger partial charge in [-0.1, -0.05) is 121 Å². The number of rotatable bonds is 2. The summed E-state index contributed by atoms with van der Waals surface area (Å²) in [5.41, 5.74) is 11.1. The van der Waals surface area contributed by atoms with Crippen LogP contribution in [0.5, 0.6) is 0 Å².